The molecule has 0 unspecified atom stereocenters. The summed E-state index contributed by atoms with van der Waals surface area (Å²) in [5.74, 6) is 1.71. The minimum Gasteiger partial charge on any atom is -0.657 e. The number of rotatable bonds is 7. The van der Waals surface area contributed by atoms with Crippen LogP contribution < -0.4 is 19.3 Å². The fourth-order valence-electron chi connectivity index (χ4n) is 7.18. The van der Waals surface area contributed by atoms with Crippen LogP contribution in [0.1, 0.15) is 101 Å². The van der Waals surface area contributed by atoms with Crippen LogP contribution in [0.3, 0.4) is 0 Å². The zero-order valence-electron chi connectivity index (χ0n) is 32.3. The first-order valence-corrected chi connectivity index (χ1v) is 21.9. The third kappa shape index (κ3) is 7.58. The maximum Gasteiger partial charge on any atom is 1.00 e. The third-order valence-electron chi connectivity index (χ3n) is 9.99. The van der Waals surface area contributed by atoms with Crippen molar-refractivity contribution in [2.45, 2.75) is 98.7 Å². The molecule has 0 spiro atoms. The average Bonchev–Trinajstić information content (AvgIpc) is 3.65. The van der Waals surface area contributed by atoms with Crippen molar-refractivity contribution in [1.82, 2.24) is 14.1 Å². The van der Waals surface area contributed by atoms with Gasteiger partial charge in [0, 0.05) is 34.4 Å². The molecule has 266 valence electrons. The van der Waals surface area contributed by atoms with Gasteiger partial charge in [-0.1, -0.05) is 171 Å². The number of fused-ring (bicyclic) bond motifs is 4. The molecule has 2 heterocycles. The number of hydrogen-bond acceptors (Lipinski definition) is 0. The maximum atomic E-state index is 4.65. The van der Waals surface area contributed by atoms with E-state index >= 15 is 0 Å². The van der Waals surface area contributed by atoms with Crippen LogP contribution in [0.2, 0.25) is 19.6 Å². The molecule has 0 aliphatic carbocycles. The van der Waals surface area contributed by atoms with Crippen LogP contribution >= 0.6 is 0 Å². The summed E-state index contributed by atoms with van der Waals surface area (Å²) < 4.78 is 4.64. The molecule has 0 saturated carbocycles. The number of hydrogen-bond donors (Lipinski definition) is 0. The molecule has 0 radical (unpaired) electrons. The molecule has 6 aromatic rings. The van der Waals surface area contributed by atoms with Gasteiger partial charge in [-0.15, -0.1) is 11.0 Å². The average molecular weight is 874 g/mol. The molecular weight excluding hydrogens is 820 g/mol. The van der Waals surface area contributed by atoms with Gasteiger partial charge in [0.15, 0.2) is 0 Å². The van der Waals surface area contributed by atoms with Crippen molar-refractivity contribution in [2.24, 2.45) is 0 Å². The van der Waals surface area contributed by atoms with Crippen molar-refractivity contribution in [3.8, 4) is 0 Å². The Morgan fingerprint density at radius 1 is 0.490 bits per heavy atom. The smallest absolute Gasteiger partial charge is 0.657 e. The molecule has 5 aromatic carbocycles. The second-order valence-corrected chi connectivity index (χ2v) is 21.1. The van der Waals surface area contributed by atoms with Gasteiger partial charge in [0.2, 0.25) is 11.4 Å². The van der Waals surface area contributed by atoms with Gasteiger partial charge in [-0.3, -0.25) is 0 Å². The van der Waals surface area contributed by atoms with E-state index in [9.17, 15) is 0 Å². The van der Waals surface area contributed by atoms with Gasteiger partial charge >= 0.3 is 28.4 Å². The van der Waals surface area contributed by atoms with E-state index in [0.717, 1.165) is 11.0 Å². The maximum absolute atomic E-state index is 4.65. The van der Waals surface area contributed by atoms with E-state index < -0.39 is 8.07 Å². The predicted molar refractivity (Wildman–Crippen MR) is 221 cm³/mol. The van der Waals surface area contributed by atoms with E-state index in [1.165, 1.54) is 61.0 Å². The summed E-state index contributed by atoms with van der Waals surface area (Å²) in [6, 6.07) is 41.3. The van der Waals surface area contributed by atoms with Gasteiger partial charge < -0.3 is 4.98 Å². The Bertz CT molecular complexity index is 2110. The Morgan fingerprint density at radius 2 is 0.902 bits per heavy atom. The van der Waals surface area contributed by atoms with Gasteiger partial charge in [0.25, 0.3) is 11.4 Å². The largest absolute Gasteiger partial charge is 1.00 e. The van der Waals surface area contributed by atoms with Gasteiger partial charge in [0.1, 0.15) is 0 Å². The molecule has 0 fully saturated rings. The summed E-state index contributed by atoms with van der Waals surface area (Å²) in [5, 5.41) is 4.09. The first-order chi connectivity index (χ1) is 23.8. The Hall–Kier alpha value is -3.76. The molecule has 1 aliphatic rings. The molecule has 0 bridgehead atoms. The zero-order valence-corrected chi connectivity index (χ0v) is 35.4. The van der Waals surface area contributed by atoms with Crippen molar-refractivity contribution in [2.75, 3.05) is 0 Å². The standard InChI is InChI=1S/C31H38N2.C15H16NSi.Au/c1-20(2)24-13-11-14-25(21(3)4)30(24)32-19-33(29-18-10-9-17-28(29)32)31-26(22(5)6)15-12-16-27(31)23(7)8;1-17(2,3)11-8-9-15-13(10-11)12-6-4-5-7-14(12)16-15;/h9-18,20-23H,1-8H3;4-10H,1-3H3;/q+2;-1;+1. The molecule has 0 saturated heterocycles. The molecule has 0 N–H and O–H groups in total. The molecule has 0 atom stereocenters. The van der Waals surface area contributed by atoms with Gasteiger partial charge in [-0.05, 0) is 43.6 Å². The fraction of sp³-hybridized carbons (Fsp3) is 0.326. The van der Waals surface area contributed by atoms with E-state index in [1.807, 2.05) is 6.07 Å². The van der Waals surface area contributed by atoms with Crippen LogP contribution in [-0.2, 0) is 22.4 Å². The van der Waals surface area contributed by atoms with E-state index in [-0.39, 0.29) is 22.4 Å². The number of para-hydroxylation sites is 5. The van der Waals surface area contributed by atoms with E-state index in [2.05, 4.69) is 192 Å². The SMILES string of the molecule is CC(C)c1cccc(C(C)C)c1[N+]1=C=[N+](c2c(C(C)C)cccc2C(C)C)c2ccccc21.C[Si](C)(C)c1ccc2[n-]c3ccccc3c2c1.[Au+]. The van der Waals surface area contributed by atoms with Crippen LogP contribution in [0.5, 0.6) is 0 Å². The van der Waals surface area contributed by atoms with Gasteiger partial charge in [-0.25, -0.2) is 0 Å². The van der Waals surface area contributed by atoms with Crippen LogP contribution in [0.4, 0.5) is 22.7 Å². The molecule has 0 amide bonds. The molecule has 1 aromatic heterocycles. The molecule has 5 heteroatoms. The summed E-state index contributed by atoms with van der Waals surface area (Å²) in [6.45, 7) is 25.4. The molecule has 1 aliphatic heterocycles. The van der Waals surface area contributed by atoms with E-state index in [1.54, 1.807) is 0 Å². The molecule has 7 rings (SSSR count). The van der Waals surface area contributed by atoms with Crippen LogP contribution in [-0.4, -0.2) is 14.1 Å². The monoisotopic (exact) mass is 873 g/mol. The number of aromatic nitrogens is 1. The van der Waals surface area contributed by atoms with Crippen LogP contribution in [0.25, 0.3) is 21.8 Å². The summed E-state index contributed by atoms with van der Waals surface area (Å²) in [4.78, 5) is 4.65. The van der Waals surface area contributed by atoms with Crippen molar-refractivity contribution in [3.63, 3.8) is 0 Å². The Morgan fingerprint density at radius 3 is 1.33 bits per heavy atom. The fourth-order valence-corrected chi connectivity index (χ4v) is 8.34. The normalized spacial score (nSPS) is 12.7. The van der Waals surface area contributed by atoms with Crippen molar-refractivity contribution >= 4 is 63.8 Å². The minimum absolute atomic E-state index is 0. The summed E-state index contributed by atoms with van der Waals surface area (Å²) >= 11 is 0. The Labute approximate surface area is 322 Å². The topological polar surface area (TPSA) is 20.1 Å². The molecule has 51 heavy (non-hydrogen) atoms. The third-order valence-corrected chi connectivity index (χ3v) is 12.0. The Kier molecular flexibility index (Phi) is 11.7. The summed E-state index contributed by atoms with van der Waals surface area (Å²) in [6.07, 6.45) is 0. The van der Waals surface area contributed by atoms with Crippen LogP contribution in [0, 0.1) is 0 Å². The number of nitrogens with zero attached hydrogens (tertiary/aromatic N) is 3. The van der Waals surface area contributed by atoms with Gasteiger partial charge in [-0.2, -0.15) is 0 Å². The Balaban J connectivity index is 0.000000235. The molecular formula is C46H54AuN3Si+2. The van der Waals surface area contributed by atoms with Crippen molar-refractivity contribution in [1.29, 1.82) is 0 Å². The quantitative estimate of drug-likeness (QED) is 0.115. The number of benzene rings is 5. The first kappa shape index (κ1) is 38.5. The predicted octanol–water partition coefficient (Wildman–Crippen LogP) is 12.5. The second kappa shape index (κ2) is 15.5. The first-order valence-electron chi connectivity index (χ1n) is 18.4. The zero-order chi connectivity index (χ0) is 35.9. The van der Waals surface area contributed by atoms with Crippen molar-refractivity contribution in [3.05, 3.63) is 125 Å². The van der Waals surface area contributed by atoms with Crippen LogP contribution in [0.15, 0.2) is 103 Å². The van der Waals surface area contributed by atoms with Gasteiger partial charge in [0.05, 0.1) is 8.07 Å². The van der Waals surface area contributed by atoms with E-state index in [4.69, 9.17) is 0 Å². The van der Waals surface area contributed by atoms with E-state index in [0.29, 0.717) is 23.7 Å². The second-order valence-electron chi connectivity index (χ2n) is 16.1. The minimum atomic E-state index is -1.24. The molecule has 3 nitrogen and oxygen atoms in total. The summed E-state index contributed by atoms with van der Waals surface area (Å²) in [7, 11) is -1.24. The van der Waals surface area contributed by atoms with Crippen molar-refractivity contribution < 1.29 is 22.4 Å². The summed E-state index contributed by atoms with van der Waals surface area (Å²) in [5.41, 5.74) is 12.7.